The van der Waals surface area contributed by atoms with Crippen molar-refractivity contribution in [2.75, 3.05) is 38.6 Å². The Morgan fingerprint density at radius 2 is 1.70 bits per heavy atom. The molecule has 0 unspecified atom stereocenters. The van der Waals surface area contributed by atoms with Gasteiger partial charge in [-0.05, 0) is 30.3 Å². The lowest BCUT2D eigenvalue weighted by atomic mass is 10.1. The largest absolute Gasteiger partial charge is 0.379 e. The number of benzene rings is 2. The van der Waals surface area contributed by atoms with Crippen molar-refractivity contribution in [3.05, 3.63) is 71.3 Å². The number of carbonyl (C=O) groups excluding carboxylic acids is 1. The third kappa shape index (κ3) is 6.20. The van der Waals surface area contributed by atoms with E-state index in [4.69, 9.17) is 26.6 Å². The first-order chi connectivity index (χ1) is 19.0. The molecule has 2 aliphatic rings. The van der Waals surface area contributed by atoms with Crippen LogP contribution in [-0.4, -0.2) is 89.2 Å². The van der Waals surface area contributed by atoms with Crippen LogP contribution in [0.3, 0.4) is 0 Å². The summed E-state index contributed by atoms with van der Waals surface area (Å²) in [5.74, 6) is -1.12. The van der Waals surface area contributed by atoms with Gasteiger partial charge in [0.25, 0.3) is 16.0 Å². The molecule has 1 aromatic heterocycles. The summed E-state index contributed by atoms with van der Waals surface area (Å²) in [7, 11) is -7.95. The standard InChI is InChI=1S/C25H24N4O7S4/c30-24-22(38-25(37)28(24)12-15-39(31,32)33)16-19-17-29(20-4-2-1-3-5-20)26-23(19)18-6-8-21(9-7-18)40(34,35)27-10-13-36-14-11-27/h1-9,16-17H,10-15H2,(H,31,32,33). The zero-order valence-electron chi connectivity index (χ0n) is 20.9. The van der Waals surface area contributed by atoms with Crippen LogP contribution in [-0.2, 0) is 29.7 Å². The summed E-state index contributed by atoms with van der Waals surface area (Å²) in [5, 5.41) is 4.72. The van der Waals surface area contributed by atoms with Gasteiger partial charge in [-0.1, -0.05) is 54.3 Å². The smallest absolute Gasteiger partial charge is 0.266 e. The second-order valence-corrected chi connectivity index (χ2v) is 14.1. The van der Waals surface area contributed by atoms with Gasteiger partial charge in [-0.25, -0.2) is 13.1 Å². The summed E-state index contributed by atoms with van der Waals surface area (Å²) in [5.41, 5.74) is 2.48. The molecule has 0 spiro atoms. The van der Waals surface area contributed by atoms with E-state index >= 15 is 0 Å². The van der Waals surface area contributed by atoms with Crippen LogP contribution < -0.4 is 0 Å². The Bertz CT molecular complexity index is 1680. The maximum atomic E-state index is 13.1. The molecule has 11 nitrogen and oxygen atoms in total. The van der Waals surface area contributed by atoms with Crippen molar-refractivity contribution in [3.8, 4) is 16.9 Å². The van der Waals surface area contributed by atoms with Gasteiger partial charge in [-0.2, -0.15) is 17.8 Å². The topological polar surface area (TPSA) is 139 Å². The van der Waals surface area contributed by atoms with Crippen LogP contribution in [0.1, 0.15) is 5.56 Å². The van der Waals surface area contributed by atoms with Gasteiger partial charge in [0.1, 0.15) is 4.32 Å². The van der Waals surface area contributed by atoms with Crippen LogP contribution in [0.15, 0.2) is 70.6 Å². The van der Waals surface area contributed by atoms with Gasteiger partial charge < -0.3 is 4.74 Å². The van der Waals surface area contributed by atoms with Crippen LogP contribution in [0.4, 0.5) is 0 Å². The first-order valence-corrected chi connectivity index (χ1v) is 16.3. The van der Waals surface area contributed by atoms with Crippen LogP contribution >= 0.6 is 24.0 Å². The highest BCUT2D eigenvalue weighted by Crippen LogP contribution is 2.35. The van der Waals surface area contributed by atoms with Crippen molar-refractivity contribution < 1.29 is 30.9 Å². The molecule has 2 saturated heterocycles. The first-order valence-electron chi connectivity index (χ1n) is 12.1. The number of rotatable bonds is 8. The minimum Gasteiger partial charge on any atom is -0.379 e. The molecular weight excluding hydrogens is 597 g/mol. The highest BCUT2D eigenvalue weighted by atomic mass is 32.2. The molecule has 210 valence electrons. The Kier molecular flexibility index (Phi) is 8.24. The van der Waals surface area contributed by atoms with Crippen molar-refractivity contribution >= 4 is 60.4 Å². The molecule has 1 amide bonds. The molecule has 3 aromatic rings. The predicted molar refractivity (Wildman–Crippen MR) is 155 cm³/mol. The fourth-order valence-electron chi connectivity index (χ4n) is 4.19. The van der Waals surface area contributed by atoms with E-state index in [0.717, 1.165) is 22.3 Å². The van der Waals surface area contributed by atoms with E-state index in [1.807, 2.05) is 30.3 Å². The maximum absolute atomic E-state index is 13.1. The molecule has 0 radical (unpaired) electrons. The van der Waals surface area contributed by atoms with Crippen molar-refractivity contribution in [2.45, 2.75) is 4.90 Å². The van der Waals surface area contributed by atoms with Gasteiger partial charge >= 0.3 is 0 Å². The van der Waals surface area contributed by atoms with E-state index in [2.05, 4.69) is 0 Å². The summed E-state index contributed by atoms with van der Waals surface area (Å²) >= 11 is 6.29. The predicted octanol–water partition coefficient (Wildman–Crippen LogP) is 2.65. The van der Waals surface area contributed by atoms with Gasteiger partial charge in [0.05, 0.1) is 40.1 Å². The molecule has 0 saturated carbocycles. The quantitative estimate of drug-likeness (QED) is 0.227. The number of thioether (sulfide) groups is 1. The summed E-state index contributed by atoms with van der Waals surface area (Å²) in [6, 6.07) is 15.7. The molecule has 40 heavy (non-hydrogen) atoms. The molecule has 1 N–H and O–H groups in total. The number of hydrogen-bond donors (Lipinski definition) is 1. The first kappa shape index (κ1) is 28.6. The average molecular weight is 621 g/mol. The molecule has 15 heteroatoms. The fourth-order valence-corrected chi connectivity index (χ4v) is 7.31. The summed E-state index contributed by atoms with van der Waals surface area (Å²) in [6.45, 7) is 1.01. The van der Waals surface area contributed by atoms with Crippen molar-refractivity contribution in [2.24, 2.45) is 0 Å². The van der Waals surface area contributed by atoms with Crippen molar-refractivity contribution in [1.29, 1.82) is 0 Å². The van der Waals surface area contributed by atoms with Crippen molar-refractivity contribution in [3.63, 3.8) is 0 Å². The molecule has 3 heterocycles. The summed E-state index contributed by atoms with van der Waals surface area (Å²) < 4.78 is 66.1. The van der Waals surface area contributed by atoms with E-state index in [9.17, 15) is 21.6 Å². The minimum absolute atomic E-state index is 0.155. The lowest BCUT2D eigenvalue weighted by molar-refractivity contribution is -0.121. The zero-order chi connectivity index (χ0) is 28.5. The number of hydrogen-bond acceptors (Lipinski definition) is 9. The normalized spacial score (nSPS) is 18.1. The number of carbonyl (C=O) groups is 1. The van der Waals surface area contributed by atoms with E-state index in [-0.39, 0.29) is 33.8 Å². The molecular formula is C25H24N4O7S4. The van der Waals surface area contributed by atoms with Crippen LogP contribution in [0.25, 0.3) is 23.0 Å². The second kappa shape index (κ2) is 11.5. The van der Waals surface area contributed by atoms with E-state index in [1.54, 1.807) is 29.1 Å². The molecule has 0 bridgehead atoms. The van der Waals surface area contributed by atoms with Crippen LogP contribution in [0.2, 0.25) is 0 Å². The number of thiocarbonyl (C=S) groups is 1. The van der Waals surface area contributed by atoms with Gasteiger partial charge in [-0.3, -0.25) is 14.2 Å². The fraction of sp³-hybridized carbons (Fsp3) is 0.240. The van der Waals surface area contributed by atoms with Crippen LogP contribution in [0.5, 0.6) is 0 Å². The molecule has 2 aliphatic heterocycles. The van der Waals surface area contributed by atoms with Gasteiger partial charge in [0.15, 0.2) is 0 Å². The summed E-state index contributed by atoms with van der Waals surface area (Å²) in [4.78, 5) is 14.6. The molecule has 2 fully saturated rings. The van der Waals surface area contributed by atoms with Gasteiger partial charge in [-0.15, -0.1) is 0 Å². The highest BCUT2D eigenvalue weighted by Gasteiger charge is 2.33. The Hall–Kier alpha value is -2.92. The van der Waals surface area contributed by atoms with E-state index < -0.39 is 31.8 Å². The lowest BCUT2D eigenvalue weighted by Gasteiger charge is -2.26. The number of para-hydroxylation sites is 1. The van der Waals surface area contributed by atoms with Gasteiger partial charge in [0.2, 0.25) is 10.0 Å². The molecule has 2 aromatic carbocycles. The number of nitrogens with zero attached hydrogens (tertiary/aromatic N) is 4. The Labute approximate surface area is 241 Å². The van der Waals surface area contributed by atoms with Crippen LogP contribution in [0, 0.1) is 0 Å². The zero-order valence-corrected chi connectivity index (χ0v) is 24.2. The monoisotopic (exact) mass is 620 g/mol. The lowest BCUT2D eigenvalue weighted by Crippen LogP contribution is -2.40. The number of sulfonamides is 1. The SMILES string of the molecule is O=C1C(=Cc2cn(-c3ccccc3)nc2-c2ccc(S(=O)(=O)N3CCOCC3)cc2)SC(=S)N1CCS(=O)(=O)O. The highest BCUT2D eigenvalue weighted by molar-refractivity contribution is 8.26. The molecule has 0 atom stereocenters. The minimum atomic E-state index is -4.27. The number of amides is 1. The number of ether oxygens (including phenoxy) is 1. The summed E-state index contributed by atoms with van der Waals surface area (Å²) in [6.07, 6.45) is 3.36. The van der Waals surface area contributed by atoms with E-state index in [0.29, 0.717) is 30.0 Å². The number of morpholine rings is 1. The van der Waals surface area contributed by atoms with Crippen molar-refractivity contribution in [1.82, 2.24) is 19.0 Å². The maximum Gasteiger partial charge on any atom is 0.266 e. The Morgan fingerprint density at radius 3 is 2.35 bits per heavy atom. The molecule has 0 aliphatic carbocycles. The third-order valence-electron chi connectivity index (χ3n) is 6.23. The Morgan fingerprint density at radius 1 is 1.02 bits per heavy atom. The number of aromatic nitrogens is 2. The average Bonchev–Trinajstić information content (AvgIpc) is 3.48. The van der Waals surface area contributed by atoms with E-state index in [1.165, 1.54) is 16.4 Å². The second-order valence-electron chi connectivity index (χ2n) is 8.87. The van der Waals surface area contributed by atoms with Gasteiger partial charge in [0, 0.05) is 37.0 Å². The third-order valence-corrected chi connectivity index (χ3v) is 10.2. The Balaban J connectivity index is 1.50. The molecule has 5 rings (SSSR count).